The van der Waals surface area contributed by atoms with Crippen LogP contribution in [0.15, 0.2) is 22.3 Å². The molecule has 4 heterocycles. The van der Waals surface area contributed by atoms with Crippen LogP contribution in [0.2, 0.25) is 0 Å². The summed E-state index contributed by atoms with van der Waals surface area (Å²) in [5, 5.41) is 1.88. The number of hydrogen-bond acceptors (Lipinski definition) is 6. The number of methoxy groups -OCH3 is 1. The van der Waals surface area contributed by atoms with E-state index >= 15 is 0 Å². The molecule has 2 aliphatic heterocycles. The lowest BCUT2D eigenvalue weighted by Gasteiger charge is -2.29. The van der Waals surface area contributed by atoms with E-state index in [1.807, 2.05) is 11.4 Å². The van der Waals surface area contributed by atoms with Gasteiger partial charge in [0.1, 0.15) is 5.82 Å². The molecule has 2 amide bonds. The van der Waals surface area contributed by atoms with Gasteiger partial charge in [-0.05, 0) is 30.7 Å². The molecular weight excluding hydrogens is 392 g/mol. The maximum Gasteiger partial charge on any atom is 0.264 e. The van der Waals surface area contributed by atoms with Crippen molar-refractivity contribution in [1.82, 2.24) is 19.8 Å². The van der Waals surface area contributed by atoms with Gasteiger partial charge >= 0.3 is 0 Å². The molecule has 154 valence electrons. The summed E-state index contributed by atoms with van der Waals surface area (Å²) in [4.78, 5) is 49.7. The first-order chi connectivity index (χ1) is 14.1. The third-order valence-corrected chi connectivity index (χ3v) is 6.38. The Kier molecular flexibility index (Phi) is 5.77. The number of aromatic amines is 1. The fourth-order valence-electron chi connectivity index (χ4n) is 4.03. The van der Waals surface area contributed by atoms with Crippen molar-refractivity contribution >= 4 is 23.2 Å². The van der Waals surface area contributed by atoms with Crippen molar-refractivity contribution in [2.45, 2.75) is 38.3 Å². The van der Waals surface area contributed by atoms with Gasteiger partial charge in [-0.3, -0.25) is 14.4 Å². The van der Waals surface area contributed by atoms with E-state index in [1.165, 1.54) is 11.3 Å². The largest absolute Gasteiger partial charge is 0.384 e. The summed E-state index contributed by atoms with van der Waals surface area (Å²) in [5.41, 5.74) is 1.11. The lowest BCUT2D eigenvalue weighted by Crippen LogP contribution is -2.40. The van der Waals surface area contributed by atoms with E-state index in [0.29, 0.717) is 61.0 Å². The number of H-pyrrole nitrogens is 1. The lowest BCUT2D eigenvalue weighted by atomic mass is 10.1. The molecule has 2 aromatic rings. The van der Waals surface area contributed by atoms with Gasteiger partial charge in [-0.15, -0.1) is 11.3 Å². The Hall–Kier alpha value is -2.52. The van der Waals surface area contributed by atoms with Gasteiger partial charge in [-0.2, -0.15) is 0 Å². The summed E-state index contributed by atoms with van der Waals surface area (Å²) in [6.45, 7) is 1.83. The molecule has 0 aliphatic carbocycles. The summed E-state index contributed by atoms with van der Waals surface area (Å²) in [6.07, 6.45) is 2.42. The van der Waals surface area contributed by atoms with Crippen LogP contribution in [0.1, 0.15) is 52.1 Å². The SMILES string of the molecule is COCCC(=O)N1CCCC1c1nc2c(c(=O)[nH]1)CCN(C(=O)c1cccs1)C2. The zero-order chi connectivity index (χ0) is 20.4. The predicted molar refractivity (Wildman–Crippen MR) is 108 cm³/mol. The normalized spacial score (nSPS) is 18.7. The summed E-state index contributed by atoms with van der Waals surface area (Å²) >= 11 is 1.41. The van der Waals surface area contributed by atoms with Crippen molar-refractivity contribution in [2.75, 3.05) is 26.8 Å². The number of aromatic nitrogens is 2. The summed E-state index contributed by atoms with van der Waals surface area (Å²) in [7, 11) is 1.57. The standard InChI is InChI=1S/C20H24N4O4S/c1-28-10-7-17(25)24-8-2-4-15(24)18-21-14-12-23(9-6-13(14)19(26)22-18)20(27)16-5-3-11-29-16/h3,5,11,15H,2,4,6-10,12H2,1H3,(H,21,22,26). The van der Waals surface area contributed by atoms with Crippen molar-refractivity contribution in [3.05, 3.63) is 49.8 Å². The average Bonchev–Trinajstić information content (AvgIpc) is 3.43. The first-order valence-corrected chi connectivity index (χ1v) is 10.7. The molecule has 1 N–H and O–H groups in total. The smallest absolute Gasteiger partial charge is 0.264 e. The van der Waals surface area contributed by atoms with Crippen molar-refractivity contribution < 1.29 is 14.3 Å². The van der Waals surface area contributed by atoms with Crippen LogP contribution in [-0.2, 0) is 22.5 Å². The molecule has 0 bridgehead atoms. The van der Waals surface area contributed by atoms with Crippen LogP contribution >= 0.6 is 11.3 Å². The van der Waals surface area contributed by atoms with Crippen molar-refractivity contribution in [3.63, 3.8) is 0 Å². The molecule has 9 heteroatoms. The summed E-state index contributed by atoms with van der Waals surface area (Å²) < 4.78 is 5.01. The van der Waals surface area contributed by atoms with E-state index < -0.39 is 0 Å². The Balaban J connectivity index is 1.57. The Morgan fingerprint density at radius 1 is 1.38 bits per heavy atom. The molecular formula is C20H24N4O4S. The molecule has 1 fully saturated rings. The number of carbonyl (C=O) groups is 2. The minimum atomic E-state index is -0.235. The van der Waals surface area contributed by atoms with Gasteiger partial charge in [0, 0.05) is 25.8 Å². The van der Waals surface area contributed by atoms with Crippen molar-refractivity contribution in [1.29, 1.82) is 0 Å². The highest BCUT2D eigenvalue weighted by Gasteiger charge is 2.33. The molecule has 0 radical (unpaired) electrons. The highest BCUT2D eigenvalue weighted by molar-refractivity contribution is 7.12. The molecule has 8 nitrogen and oxygen atoms in total. The van der Waals surface area contributed by atoms with Gasteiger partial charge in [0.15, 0.2) is 0 Å². The second-order valence-electron chi connectivity index (χ2n) is 7.32. The van der Waals surface area contributed by atoms with Gasteiger partial charge in [-0.25, -0.2) is 4.98 Å². The zero-order valence-electron chi connectivity index (χ0n) is 16.3. The first-order valence-electron chi connectivity index (χ1n) is 9.81. The van der Waals surface area contributed by atoms with Gasteiger partial charge in [-0.1, -0.05) is 6.07 Å². The number of amides is 2. The second kappa shape index (κ2) is 8.46. The third-order valence-electron chi connectivity index (χ3n) is 5.52. The summed E-state index contributed by atoms with van der Waals surface area (Å²) in [6, 6.07) is 3.42. The minimum Gasteiger partial charge on any atom is -0.384 e. The fraction of sp³-hybridized carbons (Fsp3) is 0.500. The number of fused-ring (bicyclic) bond motifs is 1. The van der Waals surface area contributed by atoms with E-state index in [0.717, 1.165) is 12.8 Å². The van der Waals surface area contributed by atoms with Crippen molar-refractivity contribution in [2.24, 2.45) is 0 Å². The van der Waals surface area contributed by atoms with Crippen molar-refractivity contribution in [3.8, 4) is 0 Å². The first kappa shape index (κ1) is 19.8. The molecule has 1 unspecified atom stereocenters. The number of ether oxygens (including phenoxy) is 1. The second-order valence-corrected chi connectivity index (χ2v) is 8.27. The molecule has 0 saturated carbocycles. The average molecular weight is 417 g/mol. The van der Waals surface area contributed by atoms with Gasteiger partial charge in [0.2, 0.25) is 5.91 Å². The maximum atomic E-state index is 12.7. The Labute approximate surface area is 172 Å². The molecule has 0 aromatic carbocycles. The van der Waals surface area contributed by atoms with Crippen LogP contribution < -0.4 is 5.56 Å². The topological polar surface area (TPSA) is 95.6 Å². The quantitative estimate of drug-likeness (QED) is 0.801. The van der Waals surface area contributed by atoms with E-state index in [1.54, 1.807) is 23.0 Å². The Morgan fingerprint density at radius 2 is 2.24 bits per heavy atom. The zero-order valence-corrected chi connectivity index (χ0v) is 17.2. The van der Waals surface area contributed by atoms with Crippen LogP contribution in [0.4, 0.5) is 0 Å². The number of likely N-dealkylation sites (tertiary alicyclic amines) is 1. The molecule has 2 aromatic heterocycles. The van der Waals surface area contributed by atoms with Crippen LogP contribution in [0.3, 0.4) is 0 Å². The monoisotopic (exact) mass is 416 g/mol. The lowest BCUT2D eigenvalue weighted by molar-refractivity contribution is -0.133. The predicted octanol–water partition coefficient (Wildman–Crippen LogP) is 1.73. The van der Waals surface area contributed by atoms with E-state index in [2.05, 4.69) is 4.98 Å². The molecule has 1 atom stereocenters. The Morgan fingerprint density at radius 3 is 3.00 bits per heavy atom. The number of rotatable bonds is 5. The number of nitrogens with one attached hydrogen (secondary N) is 1. The van der Waals surface area contributed by atoms with Gasteiger partial charge < -0.3 is 19.5 Å². The number of nitrogens with zero attached hydrogens (tertiary/aromatic N) is 3. The molecule has 0 spiro atoms. The molecule has 2 aliphatic rings. The van der Waals surface area contributed by atoms with E-state index in [-0.39, 0.29) is 23.4 Å². The summed E-state index contributed by atoms with van der Waals surface area (Å²) in [5.74, 6) is 0.484. The van der Waals surface area contributed by atoms with E-state index in [9.17, 15) is 14.4 Å². The Bertz CT molecular complexity index is 956. The highest BCUT2D eigenvalue weighted by Crippen LogP contribution is 2.31. The van der Waals surface area contributed by atoms with E-state index in [4.69, 9.17) is 9.72 Å². The molecule has 29 heavy (non-hydrogen) atoms. The molecule has 1 saturated heterocycles. The van der Waals surface area contributed by atoms with Crippen LogP contribution in [-0.4, -0.2) is 58.4 Å². The molecule has 4 rings (SSSR count). The van der Waals surface area contributed by atoms with Gasteiger partial charge in [0.05, 0.1) is 36.2 Å². The number of thiophene rings is 1. The third kappa shape index (κ3) is 3.97. The maximum absolute atomic E-state index is 12.7. The minimum absolute atomic E-state index is 0.00391. The van der Waals surface area contributed by atoms with Crippen LogP contribution in [0.25, 0.3) is 0 Å². The highest BCUT2D eigenvalue weighted by atomic mass is 32.1. The number of hydrogen-bond donors (Lipinski definition) is 1. The van der Waals surface area contributed by atoms with Gasteiger partial charge in [0.25, 0.3) is 11.5 Å². The fourth-order valence-corrected chi connectivity index (χ4v) is 4.72. The number of carbonyl (C=O) groups excluding carboxylic acids is 2. The van der Waals surface area contributed by atoms with Crippen LogP contribution in [0.5, 0.6) is 0 Å². The van der Waals surface area contributed by atoms with Crippen LogP contribution in [0, 0.1) is 0 Å².